The number of amides is 1. The summed E-state index contributed by atoms with van der Waals surface area (Å²) in [5, 5.41) is 3.91. The van der Waals surface area contributed by atoms with E-state index < -0.39 is 0 Å². The molecule has 2 heterocycles. The topological polar surface area (TPSA) is 54.7 Å². The van der Waals surface area contributed by atoms with E-state index in [1.165, 1.54) is 0 Å². The van der Waals surface area contributed by atoms with Gasteiger partial charge in [0.1, 0.15) is 17.7 Å². The number of anilines is 1. The average Bonchev–Trinajstić information content (AvgIpc) is 3.25. The summed E-state index contributed by atoms with van der Waals surface area (Å²) in [5.74, 6) is 1.30. The number of nitrogens with zero attached hydrogens (tertiary/aromatic N) is 1. The normalized spacial score (nSPS) is 15.8. The lowest BCUT2D eigenvalue weighted by Gasteiger charge is -2.26. The van der Waals surface area contributed by atoms with Crippen molar-refractivity contribution >= 4 is 23.2 Å². The molecule has 6 heteroatoms. The fourth-order valence-corrected chi connectivity index (χ4v) is 3.43. The van der Waals surface area contributed by atoms with Crippen LogP contribution in [-0.4, -0.2) is 17.9 Å². The zero-order valence-corrected chi connectivity index (χ0v) is 14.9. The number of hydrogen-bond donors (Lipinski definition) is 1. The Morgan fingerprint density at radius 2 is 2.04 bits per heavy atom. The Kier molecular flexibility index (Phi) is 4.31. The second-order valence-electron chi connectivity index (χ2n) is 6.00. The monoisotopic (exact) mass is 368 g/mol. The zero-order chi connectivity index (χ0) is 18.1. The number of carbonyl (C=O) groups is 1. The highest BCUT2D eigenvalue weighted by molar-refractivity contribution is 6.32. The molecule has 1 atom stereocenters. The third kappa shape index (κ3) is 2.91. The molecule has 0 radical (unpaired) electrons. The lowest BCUT2D eigenvalue weighted by Crippen LogP contribution is -2.31. The maximum atomic E-state index is 12.9. The van der Waals surface area contributed by atoms with Gasteiger partial charge in [-0.2, -0.15) is 0 Å². The molecule has 0 saturated heterocycles. The number of methoxy groups -OCH3 is 1. The summed E-state index contributed by atoms with van der Waals surface area (Å²) in [6, 6.07) is 16.7. The van der Waals surface area contributed by atoms with E-state index in [1.807, 2.05) is 42.5 Å². The summed E-state index contributed by atoms with van der Waals surface area (Å²) in [5.41, 5.74) is 2.42. The van der Waals surface area contributed by atoms with Crippen LogP contribution < -0.4 is 10.1 Å². The van der Waals surface area contributed by atoms with E-state index >= 15 is 0 Å². The minimum atomic E-state index is -0.312. The highest BCUT2D eigenvalue weighted by Gasteiger charge is 2.36. The van der Waals surface area contributed by atoms with Gasteiger partial charge in [-0.25, -0.2) is 0 Å². The summed E-state index contributed by atoms with van der Waals surface area (Å²) in [4.78, 5) is 14.6. The molecule has 0 bridgehead atoms. The van der Waals surface area contributed by atoms with Gasteiger partial charge in [0.2, 0.25) is 0 Å². The number of ether oxygens (including phenoxy) is 1. The first kappa shape index (κ1) is 16.5. The molecule has 1 amide bonds. The molecule has 4 rings (SSSR count). The molecule has 1 aliphatic rings. The van der Waals surface area contributed by atoms with Gasteiger partial charge in [-0.05, 0) is 36.4 Å². The van der Waals surface area contributed by atoms with Crippen molar-refractivity contribution in [2.45, 2.75) is 12.7 Å². The minimum absolute atomic E-state index is 0.0332. The van der Waals surface area contributed by atoms with Crippen LogP contribution in [0.25, 0.3) is 0 Å². The van der Waals surface area contributed by atoms with E-state index in [9.17, 15) is 4.79 Å². The highest BCUT2D eigenvalue weighted by atomic mass is 35.5. The van der Waals surface area contributed by atoms with Gasteiger partial charge in [0.15, 0.2) is 0 Å². The van der Waals surface area contributed by atoms with E-state index in [1.54, 1.807) is 30.4 Å². The quantitative estimate of drug-likeness (QED) is 0.708. The van der Waals surface area contributed by atoms with Gasteiger partial charge in [-0.1, -0.05) is 29.8 Å². The van der Waals surface area contributed by atoms with Crippen LogP contribution in [-0.2, 0) is 6.54 Å². The maximum absolute atomic E-state index is 12.9. The van der Waals surface area contributed by atoms with Gasteiger partial charge >= 0.3 is 0 Å². The Hall–Kier alpha value is -2.92. The molecule has 2 aromatic carbocycles. The molecule has 0 saturated carbocycles. The first-order valence-corrected chi connectivity index (χ1v) is 8.57. The van der Waals surface area contributed by atoms with Crippen molar-refractivity contribution in [2.24, 2.45) is 0 Å². The van der Waals surface area contributed by atoms with Crippen LogP contribution in [0.1, 0.15) is 27.8 Å². The van der Waals surface area contributed by atoms with Crippen molar-refractivity contribution in [1.82, 2.24) is 4.90 Å². The van der Waals surface area contributed by atoms with Crippen LogP contribution >= 0.6 is 11.6 Å². The summed E-state index contributed by atoms with van der Waals surface area (Å²) < 4.78 is 10.6. The predicted molar refractivity (Wildman–Crippen MR) is 99.4 cm³/mol. The lowest BCUT2D eigenvalue weighted by atomic mass is 10.1. The first-order chi connectivity index (χ1) is 12.7. The van der Waals surface area contributed by atoms with E-state index in [-0.39, 0.29) is 12.1 Å². The van der Waals surface area contributed by atoms with Crippen molar-refractivity contribution in [3.8, 4) is 5.75 Å². The predicted octanol–water partition coefficient (Wildman–Crippen LogP) is 4.71. The number of nitrogens with one attached hydrogen (secondary N) is 1. The van der Waals surface area contributed by atoms with E-state index in [4.69, 9.17) is 20.8 Å². The van der Waals surface area contributed by atoms with Gasteiger partial charge in [-0.3, -0.25) is 4.79 Å². The average molecular weight is 369 g/mol. The smallest absolute Gasteiger partial charge is 0.256 e. The van der Waals surface area contributed by atoms with Gasteiger partial charge < -0.3 is 19.4 Å². The van der Waals surface area contributed by atoms with Gasteiger partial charge in [0.05, 0.1) is 24.9 Å². The Bertz CT molecular complexity index is 940. The van der Waals surface area contributed by atoms with Crippen molar-refractivity contribution in [2.75, 3.05) is 12.4 Å². The molecular weight excluding hydrogens is 352 g/mol. The van der Waals surface area contributed by atoms with Gasteiger partial charge in [0, 0.05) is 16.8 Å². The van der Waals surface area contributed by atoms with Crippen LogP contribution in [0, 0.1) is 0 Å². The summed E-state index contributed by atoms with van der Waals surface area (Å²) in [6.07, 6.45) is 1.29. The van der Waals surface area contributed by atoms with Crippen LogP contribution in [0.4, 0.5) is 5.69 Å². The summed E-state index contributed by atoms with van der Waals surface area (Å²) >= 11 is 6.23. The molecule has 0 spiro atoms. The second-order valence-corrected chi connectivity index (χ2v) is 6.40. The molecule has 1 N–H and O–H groups in total. The van der Waals surface area contributed by atoms with Crippen LogP contribution in [0.5, 0.6) is 5.75 Å². The van der Waals surface area contributed by atoms with Crippen molar-refractivity contribution in [1.29, 1.82) is 0 Å². The number of hydrogen-bond acceptors (Lipinski definition) is 4. The fraction of sp³-hybridized carbons (Fsp3) is 0.150. The van der Waals surface area contributed by atoms with E-state index in [0.717, 1.165) is 17.0 Å². The number of halogens is 1. The van der Waals surface area contributed by atoms with Crippen molar-refractivity contribution in [3.63, 3.8) is 0 Å². The van der Waals surface area contributed by atoms with Crippen LogP contribution in [0.15, 0.2) is 65.3 Å². The Morgan fingerprint density at radius 1 is 1.19 bits per heavy atom. The van der Waals surface area contributed by atoms with Crippen LogP contribution in [0.3, 0.4) is 0 Å². The molecule has 1 aromatic heterocycles. The number of fused-ring (bicyclic) bond motifs is 1. The third-order valence-corrected chi connectivity index (χ3v) is 4.72. The zero-order valence-electron chi connectivity index (χ0n) is 14.1. The first-order valence-electron chi connectivity index (χ1n) is 8.19. The third-order valence-electron chi connectivity index (χ3n) is 4.42. The van der Waals surface area contributed by atoms with E-state index in [0.29, 0.717) is 22.9 Å². The molecule has 1 unspecified atom stereocenters. The van der Waals surface area contributed by atoms with Crippen LogP contribution in [0.2, 0.25) is 5.02 Å². The Morgan fingerprint density at radius 3 is 2.77 bits per heavy atom. The molecule has 3 aromatic rings. The number of furan rings is 1. The standard InChI is InChI=1S/C20H17ClN2O3/c1-25-18-9-8-13(11-17(18)21)22-19-15-6-2-3-7-16(15)20(24)23(19)12-14-5-4-10-26-14/h2-11,19,22H,12H2,1H3. The summed E-state index contributed by atoms with van der Waals surface area (Å²) in [7, 11) is 1.57. The molecular formula is C20H17ClN2O3. The highest BCUT2D eigenvalue weighted by Crippen LogP contribution is 2.37. The van der Waals surface area contributed by atoms with E-state index in [2.05, 4.69) is 5.32 Å². The molecule has 26 heavy (non-hydrogen) atoms. The molecule has 0 fully saturated rings. The largest absolute Gasteiger partial charge is 0.495 e. The second kappa shape index (κ2) is 6.77. The molecule has 5 nitrogen and oxygen atoms in total. The minimum Gasteiger partial charge on any atom is -0.495 e. The van der Waals surface area contributed by atoms with Crippen molar-refractivity contribution < 1.29 is 13.9 Å². The molecule has 132 valence electrons. The summed E-state index contributed by atoms with van der Waals surface area (Å²) in [6.45, 7) is 0.377. The molecule has 1 aliphatic heterocycles. The van der Waals surface area contributed by atoms with Gasteiger partial charge in [0.25, 0.3) is 5.91 Å². The Labute approximate surface area is 156 Å². The van der Waals surface area contributed by atoms with Crippen molar-refractivity contribution in [3.05, 3.63) is 82.8 Å². The Balaban J connectivity index is 1.68. The number of carbonyl (C=O) groups excluding carboxylic acids is 1. The number of benzene rings is 2. The van der Waals surface area contributed by atoms with Gasteiger partial charge in [-0.15, -0.1) is 0 Å². The number of rotatable bonds is 5. The maximum Gasteiger partial charge on any atom is 0.256 e. The lowest BCUT2D eigenvalue weighted by molar-refractivity contribution is 0.0715. The molecule has 0 aliphatic carbocycles. The fourth-order valence-electron chi connectivity index (χ4n) is 3.17. The SMILES string of the molecule is COc1ccc(NC2c3ccccc3C(=O)N2Cc2ccco2)cc1Cl.